The maximum Gasteiger partial charge on any atom is 0.223 e. The van der Waals surface area contributed by atoms with E-state index in [-0.39, 0.29) is 5.91 Å². The molecule has 1 saturated heterocycles. The number of hydrogen-bond donors (Lipinski definition) is 0. The second-order valence-corrected chi connectivity index (χ2v) is 6.22. The lowest BCUT2D eigenvalue weighted by Crippen LogP contribution is -2.40. The van der Waals surface area contributed by atoms with Crippen LogP contribution < -0.4 is 0 Å². The summed E-state index contributed by atoms with van der Waals surface area (Å²) in [5.41, 5.74) is 2.84. The number of piperidine rings is 1. The molecule has 1 aliphatic heterocycles. The van der Waals surface area contributed by atoms with Crippen molar-refractivity contribution in [3.63, 3.8) is 0 Å². The first-order chi connectivity index (χ1) is 10.2. The van der Waals surface area contributed by atoms with Gasteiger partial charge in [0, 0.05) is 37.3 Å². The van der Waals surface area contributed by atoms with Crippen LogP contribution in [0, 0.1) is 6.92 Å². The molecule has 0 radical (unpaired) electrons. The molecule has 5 nitrogen and oxygen atoms in total. The number of hydrogen-bond acceptors (Lipinski definition) is 4. The minimum Gasteiger partial charge on any atom is -0.341 e. The van der Waals surface area contributed by atoms with Crippen molar-refractivity contribution in [1.29, 1.82) is 0 Å². The number of thiazole rings is 1. The molecule has 3 rings (SSSR count). The third kappa shape index (κ3) is 3.32. The maximum absolute atomic E-state index is 12.4. The molecule has 21 heavy (non-hydrogen) atoms. The van der Waals surface area contributed by atoms with Crippen molar-refractivity contribution in [3.8, 4) is 0 Å². The van der Waals surface area contributed by atoms with E-state index >= 15 is 0 Å². The number of imidazole rings is 1. The van der Waals surface area contributed by atoms with Crippen LogP contribution in [0.25, 0.3) is 0 Å². The maximum atomic E-state index is 12.4. The molecule has 2 aromatic rings. The van der Waals surface area contributed by atoms with Crippen LogP contribution in [-0.4, -0.2) is 38.4 Å². The number of nitrogens with zero attached hydrogens (tertiary/aromatic N) is 4. The Balaban J connectivity index is 1.58. The van der Waals surface area contributed by atoms with Crippen LogP contribution in [0.15, 0.2) is 23.3 Å². The van der Waals surface area contributed by atoms with Crippen LogP contribution in [-0.2, 0) is 11.2 Å². The Morgan fingerprint density at radius 3 is 3.10 bits per heavy atom. The SMILES string of the molecule is Cc1nccn1C1CCCN(C(=O)CCc2cscn2)C1. The summed E-state index contributed by atoms with van der Waals surface area (Å²) < 4.78 is 2.19. The summed E-state index contributed by atoms with van der Waals surface area (Å²) in [4.78, 5) is 22.9. The van der Waals surface area contributed by atoms with Crippen LogP contribution in [0.5, 0.6) is 0 Å². The number of likely N-dealkylation sites (tertiary alicyclic amines) is 1. The predicted octanol–water partition coefficient (Wildman–Crippen LogP) is 2.44. The molecular weight excluding hydrogens is 284 g/mol. The molecule has 2 aromatic heterocycles. The largest absolute Gasteiger partial charge is 0.341 e. The van der Waals surface area contributed by atoms with Gasteiger partial charge in [0.2, 0.25) is 5.91 Å². The molecule has 6 heteroatoms. The lowest BCUT2D eigenvalue weighted by atomic mass is 10.0. The molecule has 0 saturated carbocycles. The molecule has 1 fully saturated rings. The topological polar surface area (TPSA) is 51.0 Å². The van der Waals surface area contributed by atoms with Gasteiger partial charge in [-0.2, -0.15) is 0 Å². The Hall–Kier alpha value is -1.69. The van der Waals surface area contributed by atoms with Crippen molar-refractivity contribution in [2.24, 2.45) is 0 Å². The third-order valence-electron chi connectivity index (χ3n) is 4.08. The van der Waals surface area contributed by atoms with Crippen molar-refractivity contribution < 1.29 is 4.79 Å². The van der Waals surface area contributed by atoms with E-state index in [0.29, 0.717) is 12.5 Å². The molecule has 0 N–H and O–H groups in total. The fraction of sp³-hybridized carbons (Fsp3) is 0.533. The number of rotatable bonds is 4. The van der Waals surface area contributed by atoms with Crippen LogP contribution in [0.3, 0.4) is 0 Å². The monoisotopic (exact) mass is 304 g/mol. The van der Waals surface area contributed by atoms with Gasteiger partial charge in [0.15, 0.2) is 0 Å². The van der Waals surface area contributed by atoms with Gasteiger partial charge in [-0.15, -0.1) is 11.3 Å². The highest BCUT2D eigenvalue weighted by Crippen LogP contribution is 2.23. The summed E-state index contributed by atoms with van der Waals surface area (Å²) in [5, 5.41) is 2.02. The Bertz CT molecular complexity index is 593. The predicted molar refractivity (Wildman–Crippen MR) is 82.3 cm³/mol. The Morgan fingerprint density at radius 2 is 2.38 bits per heavy atom. The number of amides is 1. The van der Waals surface area contributed by atoms with Gasteiger partial charge in [-0.3, -0.25) is 4.79 Å². The summed E-state index contributed by atoms with van der Waals surface area (Å²) in [7, 11) is 0. The first kappa shape index (κ1) is 14.3. The van der Waals surface area contributed by atoms with Gasteiger partial charge < -0.3 is 9.47 Å². The molecule has 3 heterocycles. The highest BCUT2D eigenvalue weighted by atomic mass is 32.1. The third-order valence-corrected chi connectivity index (χ3v) is 4.72. The van der Waals surface area contributed by atoms with Crippen LogP contribution >= 0.6 is 11.3 Å². The first-order valence-electron chi connectivity index (χ1n) is 7.38. The Labute approximate surface area is 128 Å². The van der Waals surface area contributed by atoms with Gasteiger partial charge >= 0.3 is 0 Å². The van der Waals surface area contributed by atoms with E-state index in [1.807, 2.05) is 35.1 Å². The average molecular weight is 304 g/mol. The fourth-order valence-corrected chi connectivity index (χ4v) is 3.53. The zero-order chi connectivity index (χ0) is 14.7. The van der Waals surface area contributed by atoms with Gasteiger partial charge in [-0.25, -0.2) is 9.97 Å². The van der Waals surface area contributed by atoms with Crippen LogP contribution in [0.2, 0.25) is 0 Å². The van der Waals surface area contributed by atoms with Crippen molar-refractivity contribution in [2.75, 3.05) is 13.1 Å². The van der Waals surface area contributed by atoms with E-state index in [1.165, 1.54) is 0 Å². The zero-order valence-corrected chi connectivity index (χ0v) is 13.1. The highest BCUT2D eigenvalue weighted by molar-refractivity contribution is 7.07. The quantitative estimate of drug-likeness (QED) is 0.872. The van der Waals surface area contributed by atoms with E-state index in [9.17, 15) is 4.79 Å². The zero-order valence-electron chi connectivity index (χ0n) is 12.2. The number of carbonyl (C=O) groups is 1. The molecule has 0 aliphatic carbocycles. The summed E-state index contributed by atoms with van der Waals surface area (Å²) in [6.07, 6.45) is 7.33. The van der Waals surface area contributed by atoms with Gasteiger partial charge in [-0.05, 0) is 26.2 Å². The standard InChI is InChI=1S/C15H20N4OS/c1-12-16-6-8-19(12)14-3-2-7-18(9-14)15(20)5-4-13-10-21-11-17-13/h6,8,10-11,14H,2-5,7,9H2,1H3. The van der Waals surface area contributed by atoms with Crippen molar-refractivity contribution in [1.82, 2.24) is 19.4 Å². The van der Waals surface area contributed by atoms with Crippen molar-refractivity contribution in [3.05, 3.63) is 34.8 Å². The lowest BCUT2D eigenvalue weighted by molar-refractivity contribution is -0.132. The first-order valence-corrected chi connectivity index (χ1v) is 8.32. The van der Waals surface area contributed by atoms with E-state index in [4.69, 9.17) is 0 Å². The van der Waals surface area contributed by atoms with Gasteiger partial charge in [0.05, 0.1) is 17.2 Å². The normalized spacial score (nSPS) is 18.9. The summed E-state index contributed by atoms with van der Waals surface area (Å²) in [5.74, 6) is 1.27. The van der Waals surface area contributed by atoms with Crippen LogP contribution in [0.4, 0.5) is 0 Å². The number of carbonyl (C=O) groups excluding carboxylic acids is 1. The van der Waals surface area contributed by atoms with Crippen molar-refractivity contribution >= 4 is 17.2 Å². The van der Waals surface area contributed by atoms with E-state index in [0.717, 1.165) is 43.9 Å². The summed E-state index contributed by atoms with van der Waals surface area (Å²) in [6.45, 7) is 3.69. The molecule has 112 valence electrons. The van der Waals surface area contributed by atoms with Crippen molar-refractivity contribution in [2.45, 2.75) is 38.6 Å². The minimum absolute atomic E-state index is 0.241. The van der Waals surface area contributed by atoms with E-state index < -0.39 is 0 Å². The molecule has 1 atom stereocenters. The van der Waals surface area contributed by atoms with Gasteiger partial charge in [0.1, 0.15) is 5.82 Å². The number of aromatic nitrogens is 3. The number of aryl methyl sites for hydroxylation is 2. The molecule has 0 spiro atoms. The molecule has 0 bridgehead atoms. The Kier molecular flexibility index (Phi) is 4.34. The highest BCUT2D eigenvalue weighted by Gasteiger charge is 2.25. The molecule has 1 aliphatic rings. The second-order valence-electron chi connectivity index (χ2n) is 5.50. The molecule has 1 amide bonds. The van der Waals surface area contributed by atoms with Gasteiger partial charge in [-0.1, -0.05) is 0 Å². The summed E-state index contributed by atoms with van der Waals surface area (Å²) >= 11 is 1.58. The smallest absolute Gasteiger partial charge is 0.223 e. The lowest BCUT2D eigenvalue weighted by Gasteiger charge is -2.34. The van der Waals surface area contributed by atoms with Gasteiger partial charge in [0.25, 0.3) is 0 Å². The Morgan fingerprint density at radius 1 is 1.48 bits per heavy atom. The van der Waals surface area contributed by atoms with E-state index in [2.05, 4.69) is 14.5 Å². The molecule has 1 unspecified atom stereocenters. The fourth-order valence-electron chi connectivity index (χ4n) is 2.94. The second kappa shape index (κ2) is 6.39. The minimum atomic E-state index is 0.241. The molecular formula is C15H20N4OS. The average Bonchev–Trinajstić information content (AvgIpc) is 3.16. The summed E-state index contributed by atoms with van der Waals surface area (Å²) in [6, 6.07) is 0.365. The van der Waals surface area contributed by atoms with E-state index in [1.54, 1.807) is 11.3 Å². The van der Waals surface area contributed by atoms with Crippen LogP contribution in [0.1, 0.15) is 36.8 Å². The molecule has 0 aromatic carbocycles.